The minimum atomic E-state index is -0.318. The van der Waals surface area contributed by atoms with Crippen LogP contribution in [0.25, 0.3) is 5.57 Å². The minimum Gasteiger partial charge on any atom is -0.407 e. The summed E-state index contributed by atoms with van der Waals surface area (Å²) in [5, 5.41) is 0. The third-order valence-electron chi connectivity index (χ3n) is 13.6. The van der Waals surface area contributed by atoms with Crippen molar-refractivity contribution in [3.8, 4) is 0 Å². The number of carbonyl (C=O) groups is 1. The number of ketones is 1. The van der Waals surface area contributed by atoms with Crippen LogP contribution in [0.5, 0.6) is 0 Å². The Morgan fingerprint density at radius 2 is 0.828 bits per heavy atom. The zero-order chi connectivity index (χ0) is 41.6. The Labute approximate surface area is 349 Å². The van der Waals surface area contributed by atoms with Crippen LogP contribution in [0.15, 0.2) is 79.4 Å². The molecule has 58 heavy (non-hydrogen) atoms. The van der Waals surface area contributed by atoms with Gasteiger partial charge in [0, 0.05) is 37.6 Å². The lowest BCUT2D eigenvalue weighted by Crippen LogP contribution is -2.40. The molecule has 0 spiro atoms. The van der Waals surface area contributed by atoms with Gasteiger partial charge in [0.05, 0.1) is 0 Å². The fourth-order valence-corrected chi connectivity index (χ4v) is 9.32. The summed E-state index contributed by atoms with van der Waals surface area (Å²) in [4.78, 5) is 13.4. The smallest absolute Gasteiger partial charge is 0.407 e. The number of aryl methyl sites for hydroxylation is 2. The maximum absolute atomic E-state index is 13.4. The standard InChI is InChI=1S/C26H33BO2.C25H31BO3/c1-18-16-23-24(26(5,6)13-12-25(23,3)4)17-22(18)19(2)20-8-10-21(11-9-20)27-28-14-7-15-29-27;1-17-15-21-22(25(4,5)12-11-24(21,2)3)16-20(17)23(27)18-7-9-19(10-8-18)26-28-13-6-14-29-26/h8-11,16-17H,2,7,12-15H2,1,3-6H3;7-10,15-16H,6,11-14H2,1-5H3. The molecule has 2 saturated heterocycles. The van der Waals surface area contributed by atoms with Crippen LogP contribution in [-0.4, -0.2) is 46.4 Å². The summed E-state index contributed by atoms with van der Waals surface area (Å²) in [5.74, 6) is 0.0847. The predicted molar refractivity (Wildman–Crippen MR) is 241 cm³/mol. The van der Waals surface area contributed by atoms with Crippen molar-refractivity contribution in [2.24, 2.45) is 0 Å². The number of benzene rings is 4. The molecule has 0 radical (unpaired) electrons. The van der Waals surface area contributed by atoms with Gasteiger partial charge in [-0.1, -0.05) is 129 Å². The highest BCUT2D eigenvalue weighted by molar-refractivity contribution is 6.61. The molecule has 0 bridgehead atoms. The maximum Gasteiger partial charge on any atom is 0.493 e. The Balaban J connectivity index is 0.000000177. The molecule has 304 valence electrons. The SMILES string of the molecule is C=C(c1ccc(B2OCCCO2)cc1)c1cc2c(cc1C)C(C)(C)CCC2(C)C.Cc1cc2c(cc1C(=O)c1ccc(B3OCCCO3)cc1)C(C)(C)CCC2(C)C. The number of carbonyl (C=O) groups excluding carboxylic acids is 1. The van der Waals surface area contributed by atoms with Crippen LogP contribution in [0.2, 0.25) is 0 Å². The van der Waals surface area contributed by atoms with Gasteiger partial charge < -0.3 is 18.6 Å². The van der Waals surface area contributed by atoms with E-state index in [-0.39, 0.29) is 41.7 Å². The topological polar surface area (TPSA) is 54.0 Å². The van der Waals surface area contributed by atoms with E-state index in [1.54, 1.807) is 0 Å². The van der Waals surface area contributed by atoms with Crippen molar-refractivity contribution < 1.29 is 23.4 Å². The minimum absolute atomic E-state index is 0.0847. The second-order valence-electron chi connectivity index (χ2n) is 19.9. The van der Waals surface area contributed by atoms with E-state index in [0.29, 0.717) is 18.8 Å². The number of fused-ring (bicyclic) bond motifs is 2. The first kappa shape index (κ1) is 42.4. The summed E-state index contributed by atoms with van der Waals surface area (Å²) in [6.45, 7) is 30.4. The van der Waals surface area contributed by atoms with Gasteiger partial charge in [0.1, 0.15) is 0 Å². The molecule has 5 nitrogen and oxygen atoms in total. The molecule has 0 N–H and O–H groups in total. The molecule has 4 aromatic rings. The van der Waals surface area contributed by atoms with E-state index in [1.807, 2.05) is 24.3 Å². The van der Waals surface area contributed by atoms with Gasteiger partial charge in [-0.2, -0.15) is 0 Å². The van der Waals surface area contributed by atoms with Crippen LogP contribution >= 0.6 is 0 Å². The summed E-state index contributed by atoms with van der Waals surface area (Å²) in [6, 6.07) is 25.4. The van der Waals surface area contributed by atoms with Gasteiger partial charge in [-0.3, -0.25) is 4.79 Å². The summed E-state index contributed by atoms with van der Waals surface area (Å²) >= 11 is 0. The highest BCUT2D eigenvalue weighted by Crippen LogP contribution is 2.48. The Hall–Kier alpha value is -3.74. The van der Waals surface area contributed by atoms with E-state index in [2.05, 4.69) is 124 Å². The number of hydrogen-bond donors (Lipinski definition) is 0. The molecule has 8 rings (SSSR count). The highest BCUT2D eigenvalue weighted by Gasteiger charge is 2.39. The monoisotopic (exact) mass is 778 g/mol. The molecule has 0 amide bonds. The quantitative estimate of drug-likeness (QED) is 0.144. The van der Waals surface area contributed by atoms with E-state index in [1.165, 1.54) is 52.6 Å². The van der Waals surface area contributed by atoms with Crippen molar-refractivity contribution in [1.29, 1.82) is 0 Å². The first-order valence-corrected chi connectivity index (χ1v) is 21.6. The molecular formula is C51H64B2O5. The highest BCUT2D eigenvalue weighted by atomic mass is 16.6. The second-order valence-corrected chi connectivity index (χ2v) is 19.9. The van der Waals surface area contributed by atoms with Crippen LogP contribution < -0.4 is 10.9 Å². The molecule has 2 fully saturated rings. The van der Waals surface area contributed by atoms with Crippen molar-refractivity contribution in [2.45, 2.75) is 129 Å². The Kier molecular flexibility index (Phi) is 12.0. The molecule has 0 unspecified atom stereocenters. The largest absolute Gasteiger partial charge is 0.493 e. The molecule has 2 aliphatic carbocycles. The lowest BCUT2D eigenvalue weighted by molar-refractivity contribution is 0.103. The Morgan fingerprint density at radius 3 is 1.22 bits per heavy atom. The second kappa shape index (κ2) is 16.4. The lowest BCUT2D eigenvalue weighted by atomic mass is 9.62. The van der Waals surface area contributed by atoms with Crippen molar-refractivity contribution in [3.63, 3.8) is 0 Å². The molecule has 4 aliphatic rings. The van der Waals surface area contributed by atoms with Gasteiger partial charge in [0.2, 0.25) is 0 Å². The van der Waals surface area contributed by atoms with Gasteiger partial charge in [0.15, 0.2) is 5.78 Å². The molecule has 0 aromatic heterocycles. The van der Waals surface area contributed by atoms with Crippen LogP contribution in [0.3, 0.4) is 0 Å². The summed E-state index contributed by atoms with van der Waals surface area (Å²) < 4.78 is 22.8. The molecular weight excluding hydrogens is 714 g/mol. The zero-order valence-electron chi connectivity index (χ0n) is 36.9. The van der Waals surface area contributed by atoms with Crippen molar-refractivity contribution in [1.82, 2.24) is 0 Å². The lowest BCUT2D eigenvalue weighted by Gasteiger charge is -2.42. The predicted octanol–water partition coefficient (Wildman–Crippen LogP) is 10.2. The van der Waals surface area contributed by atoms with Gasteiger partial charge in [-0.05, 0) is 141 Å². The first-order chi connectivity index (χ1) is 27.4. The molecule has 2 aliphatic heterocycles. The van der Waals surface area contributed by atoms with Gasteiger partial charge >= 0.3 is 14.2 Å². The van der Waals surface area contributed by atoms with Crippen LogP contribution in [0, 0.1) is 13.8 Å². The fraction of sp³-hybridized carbons (Fsp3) is 0.471. The van der Waals surface area contributed by atoms with Gasteiger partial charge in [-0.15, -0.1) is 0 Å². The van der Waals surface area contributed by atoms with Crippen molar-refractivity contribution in [3.05, 3.63) is 135 Å². The Bertz CT molecular complexity index is 2000. The zero-order valence-corrected chi connectivity index (χ0v) is 36.9. The van der Waals surface area contributed by atoms with Gasteiger partial charge in [-0.25, -0.2) is 0 Å². The number of rotatable bonds is 6. The Morgan fingerprint density at radius 1 is 0.500 bits per heavy atom. The van der Waals surface area contributed by atoms with Crippen molar-refractivity contribution >= 4 is 36.5 Å². The third kappa shape index (κ3) is 8.61. The summed E-state index contributed by atoms with van der Waals surface area (Å²) in [6.07, 6.45) is 6.66. The molecule has 0 saturated carbocycles. The van der Waals surface area contributed by atoms with Gasteiger partial charge in [0.25, 0.3) is 0 Å². The third-order valence-corrected chi connectivity index (χ3v) is 13.6. The van der Waals surface area contributed by atoms with Crippen LogP contribution in [-0.2, 0) is 40.3 Å². The molecule has 7 heteroatoms. The van der Waals surface area contributed by atoms with E-state index >= 15 is 0 Å². The normalized spacial score (nSPS) is 20.2. The summed E-state index contributed by atoms with van der Waals surface area (Å²) in [7, 11) is -0.555. The van der Waals surface area contributed by atoms with E-state index < -0.39 is 0 Å². The molecule has 0 atom stereocenters. The van der Waals surface area contributed by atoms with Crippen LogP contribution in [0.4, 0.5) is 0 Å². The van der Waals surface area contributed by atoms with Crippen molar-refractivity contribution in [2.75, 3.05) is 26.4 Å². The first-order valence-electron chi connectivity index (χ1n) is 21.6. The molecule has 4 aromatic carbocycles. The van der Waals surface area contributed by atoms with Crippen LogP contribution in [0.1, 0.15) is 154 Å². The average Bonchev–Trinajstić information content (AvgIpc) is 3.22. The molecule has 2 heterocycles. The van der Waals surface area contributed by atoms with E-state index in [4.69, 9.17) is 18.6 Å². The van der Waals surface area contributed by atoms with E-state index in [9.17, 15) is 4.79 Å². The average molecular weight is 779 g/mol. The van der Waals surface area contributed by atoms with E-state index in [0.717, 1.165) is 65.7 Å². The fourth-order valence-electron chi connectivity index (χ4n) is 9.32. The number of hydrogen-bond acceptors (Lipinski definition) is 5. The summed E-state index contributed by atoms with van der Waals surface area (Å²) in [5.41, 5.74) is 15.8. The maximum atomic E-state index is 13.4.